The third-order valence-electron chi connectivity index (χ3n) is 5.59. The number of rotatable bonds is 8. The molecule has 0 fully saturated rings. The molecule has 0 aromatic heterocycles. The number of ether oxygens (including phenoxy) is 2. The zero-order chi connectivity index (χ0) is 26.5. The normalized spacial score (nSPS) is 13.9. The Labute approximate surface area is 213 Å². The van der Waals surface area contributed by atoms with Gasteiger partial charge in [0.15, 0.2) is 18.1 Å². The van der Waals surface area contributed by atoms with Gasteiger partial charge in [0.2, 0.25) is 0 Å². The van der Waals surface area contributed by atoms with Crippen LogP contribution in [0.5, 0.6) is 11.5 Å². The summed E-state index contributed by atoms with van der Waals surface area (Å²) in [5.41, 5.74) is 3.69. The Morgan fingerprint density at radius 2 is 1.78 bits per heavy atom. The second kappa shape index (κ2) is 10.8. The van der Waals surface area contributed by atoms with E-state index in [0.29, 0.717) is 39.7 Å². The molecule has 3 aromatic rings. The van der Waals surface area contributed by atoms with Gasteiger partial charge in [0, 0.05) is 5.69 Å². The molecule has 9 nitrogen and oxygen atoms in total. The van der Waals surface area contributed by atoms with E-state index in [2.05, 4.69) is 10.4 Å². The van der Waals surface area contributed by atoms with Gasteiger partial charge in [-0.25, -0.2) is 4.79 Å². The minimum atomic E-state index is -1.09. The molecule has 2 N–H and O–H groups in total. The number of hydrogen-bond donors (Lipinski definition) is 2. The molecule has 9 heteroatoms. The predicted molar refractivity (Wildman–Crippen MR) is 140 cm³/mol. The van der Waals surface area contributed by atoms with E-state index in [1.165, 1.54) is 24.3 Å². The number of aryl methyl sites for hydroxylation is 1. The lowest BCUT2D eigenvalue weighted by Crippen LogP contribution is -2.21. The van der Waals surface area contributed by atoms with Crippen LogP contribution < -0.4 is 19.8 Å². The van der Waals surface area contributed by atoms with Crippen LogP contribution in [0.4, 0.5) is 11.4 Å². The summed E-state index contributed by atoms with van der Waals surface area (Å²) < 4.78 is 11.1. The second-order valence-electron chi connectivity index (χ2n) is 8.33. The summed E-state index contributed by atoms with van der Waals surface area (Å²) >= 11 is 0. The molecular weight excluding hydrogens is 474 g/mol. The van der Waals surface area contributed by atoms with Crippen molar-refractivity contribution in [2.75, 3.05) is 24.0 Å². The number of nitrogens with one attached hydrogen (secondary N) is 1. The maximum atomic E-state index is 13.1. The van der Waals surface area contributed by atoms with E-state index in [-0.39, 0.29) is 24.0 Å². The molecule has 0 spiro atoms. The number of carbonyl (C=O) groups excluding carboxylic acids is 2. The SMILES string of the molecule is COc1cc(/C=C2\C(=O)N(c3cccc(C(=O)O)c3)N=C2C)ccc1OCC(=O)Nc1ccc(C)cc1. The van der Waals surface area contributed by atoms with Crippen LogP contribution in [0.15, 0.2) is 77.4 Å². The van der Waals surface area contributed by atoms with Crippen LogP contribution in [0.1, 0.15) is 28.4 Å². The number of carbonyl (C=O) groups is 3. The van der Waals surface area contributed by atoms with Crippen LogP contribution in [0.25, 0.3) is 6.08 Å². The number of carboxylic acid groups (broad SMARTS) is 1. The van der Waals surface area contributed by atoms with Gasteiger partial charge in [0.1, 0.15) is 0 Å². The summed E-state index contributed by atoms with van der Waals surface area (Å²) in [6, 6.07) is 18.5. The molecular formula is C28H25N3O6. The van der Waals surface area contributed by atoms with E-state index in [1.54, 1.807) is 43.3 Å². The molecule has 188 valence electrons. The highest BCUT2D eigenvalue weighted by Crippen LogP contribution is 2.31. The molecule has 1 aliphatic rings. The fraction of sp³-hybridized carbons (Fsp3) is 0.143. The number of carboxylic acids is 1. The number of methoxy groups -OCH3 is 1. The minimum Gasteiger partial charge on any atom is -0.493 e. The van der Waals surface area contributed by atoms with Gasteiger partial charge in [-0.1, -0.05) is 29.8 Å². The Bertz CT molecular complexity index is 1430. The lowest BCUT2D eigenvalue weighted by molar-refractivity contribution is -0.118. The third-order valence-corrected chi connectivity index (χ3v) is 5.59. The number of amides is 2. The summed E-state index contributed by atoms with van der Waals surface area (Å²) in [6.07, 6.45) is 1.67. The molecule has 0 aliphatic carbocycles. The summed E-state index contributed by atoms with van der Waals surface area (Å²) in [5, 5.41) is 17.5. The molecule has 0 saturated carbocycles. The first-order valence-electron chi connectivity index (χ1n) is 11.4. The molecule has 1 heterocycles. The third kappa shape index (κ3) is 5.84. The Kier molecular flexibility index (Phi) is 7.34. The van der Waals surface area contributed by atoms with Crippen LogP contribution in [-0.2, 0) is 9.59 Å². The first-order valence-corrected chi connectivity index (χ1v) is 11.4. The molecule has 0 saturated heterocycles. The predicted octanol–water partition coefficient (Wildman–Crippen LogP) is 4.53. The van der Waals surface area contributed by atoms with Crippen LogP contribution in [0.2, 0.25) is 0 Å². The average molecular weight is 500 g/mol. The van der Waals surface area contributed by atoms with Gasteiger partial charge in [-0.05, 0) is 68.0 Å². The quantitative estimate of drug-likeness (QED) is 0.440. The fourth-order valence-corrected chi connectivity index (χ4v) is 3.67. The van der Waals surface area contributed by atoms with Crippen molar-refractivity contribution < 1.29 is 29.0 Å². The Morgan fingerprint density at radius 3 is 2.49 bits per heavy atom. The molecule has 3 aromatic carbocycles. The number of benzene rings is 3. The first-order chi connectivity index (χ1) is 17.7. The topological polar surface area (TPSA) is 118 Å². The maximum absolute atomic E-state index is 13.1. The zero-order valence-electron chi connectivity index (χ0n) is 20.5. The van der Waals surface area contributed by atoms with Gasteiger partial charge in [0.05, 0.1) is 29.6 Å². The van der Waals surface area contributed by atoms with Gasteiger partial charge in [-0.2, -0.15) is 10.1 Å². The van der Waals surface area contributed by atoms with Gasteiger partial charge in [-0.3, -0.25) is 9.59 Å². The highest BCUT2D eigenvalue weighted by atomic mass is 16.5. The standard InChI is InChI=1S/C28H25N3O6/c1-17-7-10-21(11-8-17)29-26(32)16-37-24-12-9-19(14-25(24)36-3)13-23-18(2)30-31(27(23)33)22-6-4-5-20(15-22)28(34)35/h4-15H,16H2,1-3H3,(H,29,32)(H,34,35)/b23-13-. The number of aromatic carboxylic acids is 1. The van der Waals surface area contributed by atoms with Crippen LogP contribution in [0.3, 0.4) is 0 Å². The van der Waals surface area contributed by atoms with Crippen LogP contribution in [-0.4, -0.2) is 42.3 Å². The van der Waals surface area contributed by atoms with Gasteiger partial charge >= 0.3 is 5.97 Å². The van der Waals surface area contributed by atoms with E-state index in [4.69, 9.17) is 9.47 Å². The largest absolute Gasteiger partial charge is 0.493 e. The number of anilines is 2. The van der Waals surface area contributed by atoms with Crippen LogP contribution >= 0.6 is 0 Å². The fourth-order valence-electron chi connectivity index (χ4n) is 3.67. The Hall–Kier alpha value is -4.92. The Balaban J connectivity index is 1.47. The maximum Gasteiger partial charge on any atom is 0.335 e. The smallest absolute Gasteiger partial charge is 0.335 e. The molecule has 0 unspecified atom stereocenters. The molecule has 0 bridgehead atoms. The van der Waals surface area contributed by atoms with Gasteiger partial charge < -0.3 is 19.9 Å². The summed E-state index contributed by atoms with van der Waals surface area (Å²) in [4.78, 5) is 36.6. The average Bonchev–Trinajstić information content (AvgIpc) is 3.17. The van der Waals surface area contributed by atoms with E-state index in [1.807, 2.05) is 31.2 Å². The van der Waals surface area contributed by atoms with E-state index in [9.17, 15) is 19.5 Å². The molecule has 0 radical (unpaired) electrons. The minimum absolute atomic E-state index is 0.0588. The summed E-state index contributed by atoms with van der Waals surface area (Å²) in [7, 11) is 1.48. The van der Waals surface area contributed by atoms with Crippen LogP contribution in [0, 0.1) is 6.92 Å². The van der Waals surface area contributed by atoms with Crippen molar-refractivity contribution in [3.05, 3.63) is 89.0 Å². The van der Waals surface area contributed by atoms with Crippen molar-refractivity contribution >= 4 is 40.9 Å². The monoisotopic (exact) mass is 499 g/mol. The molecule has 37 heavy (non-hydrogen) atoms. The van der Waals surface area contributed by atoms with Crippen molar-refractivity contribution in [2.45, 2.75) is 13.8 Å². The van der Waals surface area contributed by atoms with Gasteiger partial charge in [0.25, 0.3) is 11.8 Å². The number of nitrogens with zero attached hydrogens (tertiary/aromatic N) is 2. The van der Waals surface area contributed by atoms with E-state index < -0.39 is 5.97 Å². The second-order valence-corrected chi connectivity index (χ2v) is 8.33. The Morgan fingerprint density at radius 1 is 1.03 bits per heavy atom. The summed E-state index contributed by atoms with van der Waals surface area (Å²) in [6.45, 7) is 3.46. The number of hydrazone groups is 1. The molecule has 1 aliphatic heterocycles. The summed E-state index contributed by atoms with van der Waals surface area (Å²) in [5.74, 6) is -1.02. The van der Waals surface area contributed by atoms with Crippen molar-refractivity contribution in [1.82, 2.24) is 0 Å². The zero-order valence-corrected chi connectivity index (χ0v) is 20.5. The van der Waals surface area contributed by atoms with E-state index in [0.717, 1.165) is 5.56 Å². The van der Waals surface area contributed by atoms with Crippen molar-refractivity contribution in [2.24, 2.45) is 5.10 Å². The van der Waals surface area contributed by atoms with E-state index >= 15 is 0 Å². The molecule has 0 atom stereocenters. The van der Waals surface area contributed by atoms with Gasteiger partial charge in [-0.15, -0.1) is 0 Å². The first kappa shape index (κ1) is 25.2. The van der Waals surface area contributed by atoms with Crippen molar-refractivity contribution in [3.8, 4) is 11.5 Å². The molecule has 2 amide bonds. The van der Waals surface area contributed by atoms with Crippen molar-refractivity contribution in [1.29, 1.82) is 0 Å². The number of hydrogen-bond acceptors (Lipinski definition) is 6. The lowest BCUT2D eigenvalue weighted by atomic mass is 10.1. The highest BCUT2D eigenvalue weighted by molar-refractivity contribution is 6.32. The highest BCUT2D eigenvalue weighted by Gasteiger charge is 2.29. The molecule has 4 rings (SSSR count). The van der Waals surface area contributed by atoms with Crippen molar-refractivity contribution in [3.63, 3.8) is 0 Å². The lowest BCUT2D eigenvalue weighted by Gasteiger charge is -2.13.